The van der Waals surface area contributed by atoms with Crippen LogP contribution in [0.3, 0.4) is 0 Å². The Morgan fingerprint density at radius 2 is 0.752 bits per heavy atom. The van der Waals surface area contributed by atoms with E-state index in [-0.39, 0.29) is 95.4 Å². The lowest BCUT2D eigenvalue weighted by Crippen LogP contribution is -2.47. The number of carbonyl (C=O) groups is 24. The number of rotatable bonds is 92. The molecule has 0 aromatic heterocycles. The number of Topliss-reactive ketones (excluding diaryl/α,β-unsaturated/α-hetero) is 5. The number of carbonyl (C=O) groups excluding carboxylic acids is 19. The molecule has 1 heterocycles. The number of aliphatic carboxylic acids is 5. The zero-order chi connectivity index (χ0) is 108. The fraction of sp³-hybridized carbons (Fsp3) is 0.711. The average Bonchev–Trinajstić information content (AvgIpc) is 1.69. The summed E-state index contributed by atoms with van der Waals surface area (Å²) in [7, 11) is -4.80. The molecule has 1 saturated heterocycles. The normalized spacial score (nSPS) is 13.0. The standard InChI is InChI=1S/C97H154N11O35PS/c1-4-6-8-10-12-14-16-18-20-22-24-26-28-30-32-40-94(133)140-68-77(143-95(134)41-33-31-29-27-25-23-21-19-17-15-13-11-9-7-5-2)69-142-144(138,139)141-54-52-99-79(114)39-35-34-37-72(109)42-46-80(115)102-59-89(124)107(67-93(131)132)63-84(119)101-57-74(111)45-49-85(120)104(64-90(125)126)60-75(112)38-36-51-98-83(118)62-106(66-92(129)130)88(123)58-103-81(116)47-43-76(113)61-105(65-91(127)128)86(121)48-44-73(110)56-100-82(117)50-53-108-87(122)55-78(96(108)135)145-70-71(3)97(136)137/h18-21,71,77-78H,4-17,22-70H2,1-3H3,(H,98,118)(H,99,114)(H,100,117)(H,101,119)(H,102,115)(H,103,116)(H,125,126)(H,127,128)(H,129,130)(H,131,132)(H,136,137)(H,138,139)/b20-18+,21-19+. The number of esters is 2. The second-order valence-corrected chi connectivity index (χ2v) is 38.0. The van der Waals surface area contributed by atoms with Gasteiger partial charge in [0.1, 0.15) is 51.7 Å². The van der Waals surface area contributed by atoms with Crippen LogP contribution in [0.4, 0.5) is 0 Å². The summed E-state index contributed by atoms with van der Waals surface area (Å²) >= 11 is 1.00. The summed E-state index contributed by atoms with van der Waals surface area (Å²) in [5.74, 6) is -22.9. The first-order valence-electron chi connectivity index (χ1n) is 50.2. The molecule has 1 aliphatic heterocycles. The Bertz CT molecular complexity index is 4280. The number of likely N-dealkylation sites (tertiary alicyclic amines) is 1. The van der Waals surface area contributed by atoms with E-state index < -0.39 is 311 Å². The predicted molar refractivity (Wildman–Crippen MR) is 525 cm³/mol. The monoisotopic (exact) mass is 2100 g/mol. The number of ether oxygens (including phenoxy) is 2. The number of imide groups is 1. The highest BCUT2D eigenvalue weighted by Crippen LogP contribution is 2.43. The van der Waals surface area contributed by atoms with E-state index in [2.05, 4.69) is 70.1 Å². The van der Waals surface area contributed by atoms with Crippen molar-refractivity contribution in [3.63, 3.8) is 0 Å². The van der Waals surface area contributed by atoms with Crippen molar-refractivity contribution in [1.29, 1.82) is 0 Å². The van der Waals surface area contributed by atoms with E-state index in [9.17, 15) is 145 Å². The first-order valence-corrected chi connectivity index (χ1v) is 52.7. The fourth-order valence-corrected chi connectivity index (χ4v) is 16.1. The van der Waals surface area contributed by atoms with Crippen LogP contribution in [0.25, 0.3) is 0 Å². The third kappa shape index (κ3) is 71.6. The molecule has 0 radical (unpaired) electrons. The summed E-state index contributed by atoms with van der Waals surface area (Å²) in [5.41, 5.74) is 0. The van der Waals surface area contributed by atoms with E-state index >= 15 is 0 Å². The molecular weight excluding hydrogens is 1940 g/mol. The number of thioether (sulfide) groups is 1. The van der Waals surface area contributed by atoms with Gasteiger partial charge in [-0.3, -0.25) is 129 Å². The molecule has 4 atom stereocenters. The number of nitrogens with zero attached hydrogens (tertiary/aromatic N) is 5. The lowest BCUT2D eigenvalue weighted by molar-refractivity contribution is -0.161. The van der Waals surface area contributed by atoms with Crippen molar-refractivity contribution in [3.8, 4) is 0 Å². The number of phosphoric acid groups is 1. The largest absolute Gasteiger partial charge is 0.481 e. The maximum atomic E-state index is 13.1. The van der Waals surface area contributed by atoms with Gasteiger partial charge in [-0.05, 0) is 83.5 Å². The van der Waals surface area contributed by atoms with Crippen LogP contribution in [-0.2, 0) is 138 Å². The van der Waals surface area contributed by atoms with Crippen LogP contribution < -0.4 is 31.9 Å². The van der Waals surface area contributed by atoms with Crippen LogP contribution in [0, 0.1) is 5.92 Å². The SMILES string of the molecule is CCCCCCCC/C=C/CCCCCCCC(=O)OCC(COP(=O)(O)OCCNC(=O)CCCCC(=O)CCC(=O)NCC(=O)N(CC(=O)O)CC(=O)NCC(=O)CCC(=O)N(CC(=O)O)CC(=O)CCCNC(=O)CN(CC(=O)O)C(=O)CNC(=O)CCC(=O)CN(CC(=O)O)C(=O)CCC(=O)CNC(=O)CCN1C(=O)CC(SCC(C)C(=O)O)C1=O)OC(=O)CCCCCCC/C=C/CCCCCCCC. The minimum Gasteiger partial charge on any atom is -0.481 e. The molecular formula is C97H154N11O35PS. The molecule has 4 unspecified atom stereocenters. The van der Waals surface area contributed by atoms with Crippen molar-refractivity contribution in [3.05, 3.63) is 24.3 Å². The molecule has 12 amide bonds. The van der Waals surface area contributed by atoms with E-state index in [0.29, 0.717) is 32.4 Å². The number of allylic oxidation sites excluding steroid dienone is 4. The van der Waals surface area contributed by atoms with Gasteiger partial charge in [-0.1, -0.05) is 148 Å². The van der Waals surface area contributed by atoms with Crippen molar-refractivity contribution in [2.75, 3.05) is 124 Å². The fourth-order valence-electron chi connectivity index (χ4n) is 14.1. The van der Waals surface area contributed by atoms with Crippen molar-refractivity contribution in [2.45, 2.75) is 315 Å². The number of nitrogens with one attached hydrogen (secondary N) is 6. The molecule has 12 N–H and O–H groups in total. The molecule has 1 fully saturated rings. The molecule has 0 aromatic rings. The first-order chi connectivity index (χ1) is 69.0. The average molecular weight is 2100 g/mol. The quantitative estimate of drug-likeness (QED) is 0.0105. The number of hydrogen-bond donors (Lipinski definition) is 12. The van der Waals surface area contributed by atoms with Crippen LogP contribution in [0.2, 0.25) is 0 Å². The minimum absolute atomic E-state index is 0.0500. The second-order valence-electron chi connectivity index (χ2n) is 35.3. The van der Waals surface area contributed by atoms with E-state index in [1.54, 1.807) is 0 Å². The number of amides is 12. The van der Waals surface area contributed by atoms with Gasteiger partial charge in [-0.25, -0.2) is 4.57 Å². The van der Waals surface area contributed by atoms with Crippen molar-refractivity contribution in [1.82, 2.24) is 56.4 Å². The van der Waals surface area contributed by atoms with Gasteiger partial charge in [-0.2, -0.15) is 0 Å². The third-order valence-corrected chi connectivity index (χ3v) is 24.8. The number of carboxylic acid groups (broad SMARTS) is 5. The lowest BCUT2D eigenvalue weighted by atomic mass is 10.1. The molecule has 0 aromatic carbocycles. The smallest absolute Gasteiger partial charge is 0.472 e. The van der Waals surface area contributed by atoms with Gasteiger partial charge in [-0.15, -0.1) is 11.8 Å². The maximum absolute atomic E-state index is 13.1. The Morgan fingerprint density at radius 3 is 1.22 bits per heavy atom. The lowest BCUT2D eigenvalue weighted by Gasteiger charge is -2.21. The van der Waals surface area contributed by atoms with Gasteiger partial charge in [0.15, 0.2) is 29.2 Å². The van der Waals surface area contributed by atoms with Crippen molar-refractivity contribution in [2.24, 2.45) is 5.92 Å². The highest BCUT2D eigenvalue weighted by Gasteiger charge is 2.40. The zero-order valence-corrected chi connectivity index (χ0v) is 85.9. The zero-order valence-electron chi connectivity index (χ0n) is 84.2. The van der Waals surface area contributed by atoms with Gasteiger partial charge in [0.05, 0.1) is 63.7 Å². The summed E-state index contributed by atoms with van der Waals surface area (Å²) in [6, 6.07) is 0. The highest BCUT2D eigenvalue weighted by molar-refractivity contribution is 8.00. The van der Waals surface area contributed by atoms with E-state index in [0.717, 1.165) is 93.7 Å². The number of carboxylic acids is 5. The minimum atomic E-state index is -4.80. The molecule has 145 heavy (non-hydrogen) atoms. The van der Waals surface area contributed by atoms with Gasteiger partial charge in [0, 0.05) is 122 Å². The summed E-state index contributed by atoms with van der Waals surface area (Å²) < 4.78 is 34.1. The third-order valence-electron chi connectivity index (χ3n) is 22.4. The van der Waals surface area contributed by atoms with Crippen molar-refractivity contribution >= 4 is 161 Å². The summed E-state index contributed by atoms with van der Waals surface area (Å²) in [4.78, 5) is 314. The maximum Gasteiger partial charge on any atom is 0.472 e. The Labute approximate surface area is 850 Å². The number of unbranched alkanes of at least 4 members (excludes halogenated alkanes) is 23. The number of hydrogen-bond acceptors (Lipinski definition) is 30. The van der Waals surface area contributed by atoms with Crippen LogP contribution in [0.5, 0.6) is 0 Å². The molecule has 0 bridgehead atoms. The van der Waals surface area contributed by atoms with Gasteiger partial charge in [0.25, 0.3) is 0 Å². The molecule has 0 aliphatic carbocycles. The Morgan fingerprint density at radius 1 is 0.379 bits per heavy atom. The summed E-state index contributed by atoms with van der Waals surface area (Å²) in [5, 5.41) is 59.7. The molecule has 818 valence electrons. The molecule has 1 aliphatic rings. The first kappa shape index (κ1) is 131. The topological polar surface area (TPSA) is 673 Å². The molecule has 1 rings (SSSR count). The number of phosphoric ester groups is 1. The van der Waals surface area contributed by atoms with Crippen LogP contribution >= 0.6 is 19.6 Å². The highest BCUT2D eigenvalue weighted by atomic mass is 32.2. The van der Waals surface area contributed by atoms with E-state index in [1.165, 1.54) is 84.0 Å². The molecule has 46 nitrogen and oxygen atoms in total. The van der Waals surface area contributed by atoms with Crippen molar-refractivity contribution < 1.29 is 169 Å². The van der Waals surface area contributed by atoms with Crippen LogP contribution in [0.1, 0.15) is 303 Å². The Hall–Kier alpha value is -11.6. The number of ketones is 5. The molecule has 0 saturated carbocycles. The predicted octanol–water partition coefficient (Wildman–Crippen LogP) is 6.28. The molecule has 0 spiro atoms. The van der Waals surface area contributed by atoms with Gasteiger partial charge in [0.2, 0.25) is 70.9 Å². The van der Waals surface area contributed by atoms with Crippen LogP contribution in [-0.4, -0.2) is 332 Å². The summed E-state index contributed by atoms with van der Waals surface area (Å²) in [6.07, 6.45) is 31.0. The van der Waals surface area contributed by atoms with Crippen LogP contribution in [0.15, 0.2) is 24.3 Å². The second kappa shape index (κ2) is 80.6. The molecule has 48 heteroatoms. The summed E-state index contributed by atoms with van der Waals surface area (Å²) in [6.45, 7) is -7.20. The van der Waals surface area contributed by atoms with Gasteiger partial charge < -0.3 is 91.4 Å². The Kier molecular flexibility index (Phi) is 73.1. The Balaban J connectivity index is 2.56. The van der Waals surface area contributed by atoms with Gasteiger partial charge >= 0.3 is 49.6 Å². The van der Waals surface area contributed by atoms with E-state index in [1.807, 2.05) is 0 Å². The van der Waals surface area contributed by atoms with E-state index in [4.69, 9.17) is 23.6 Å².